The number of rotatable bonds is 5. The van der Waals surface area contributed by atoms with Crippen molar-refractivity contribution in [1.82, 2.24) is 15.5 Å². The molecule has 19 heavy (non-hydrogen) atoms. The van der Waals surface area contributed by atoms with E-state index in [1.807, 2.05) is 7.05 Å². The first kappa shape index (κ1) is 16.2. The van der Waals surface area contributed by atoms with Gasteiger partial charge in [-0.3, -0.25) is 9.89 Å². The molecule has 5 heteroatoms. The molecule has 5 nitrogen and oxygen atoms in total. The van der Waals surface area contributed by atoms with Gasteiger partial charge in [-0.15, -0.1) is 0 Å². The fraction of sp³-hybridized carbons (Fsp3) is 0.929. The Morgan fingerprint density at radius 1 is 1.21 bits per heavy atom. The lowest BCUT2D eigenvalue weighted by molar-refractivity contribution is 0.0372. The SMILES string of the molecule is CN=C(NCCCCN1CCOCC1)NC(C)(C)C. The fourth-order valence-corrected chi connectivity index (χ4v) is 2.03. The highest BCUT2D eigenvalue weighted by Crippen LogP contribution is 2.00. The van der Waals surface area contributed by atoms with Crippen LogP contribution in [-0.4, -0.2) is 62.8 Å². The Morgan fingerprint density at radius 2 is 1.89 bits per heavy atom. The van der Waals surface area contributed by atoms with Gasteiger partial charge in [0.1, 0.15) is 0 Å². The van der Waals surface area contributed by atoms with Gasteiger partial charge in [-0.05, 0) is 40.2 Å². The van der Waals surface area contributed by atoms with Crippen molar-refractivity contribution in [2.24, 2.45) is 4.99 Å². The summed E-state index contributed by atoms with van der Waals surface area (Å²) in [5, 5.41) is 6.72. The topological polar surface area (TPSA) is 48.9 Å². The summed E-state index contributed by atoms with van der Waals surface area (Å²) < 4.78 is 5.34. The second-order valence-electron chi connectivity index (χ2n) is 6.04. The van der Waals surface area contributed by atoms with Crippen molar-refractivity contribution in [3.8, 4) is 0 Å². The molecule has 1 aliphatic heterocycles. The second-order valence-corrected chi connectivity index (χ2v) is 6.04. The first-order valence-corrected chi connectivity index (χ1v) is 7.30. The van der Waals surface area contributed by atoms with E-state index in [4.69, 9.17) is 4.74 Å². The Morgan fingerprint density at radius 3 is 2.47 bits per heavy atom. The summed E-state index contributed by atoms with van der Waals surface area (Å²) in [5.41, 5.74) is 0.0512. The van der Waals surface area contributed by atoms with Crippen molar-refractivity contribution in [3.63, 3.8) is 0 Å². The lowest BCUT2D eigenvalue weighted by atomic mass is 10.1. The van der Waals surface area contributed by atoms with Crippen molar-refractivity contribution >= 4 is 5.96 Å². The smallest absolute Gasteiger partial charge is 0.191 e. The third-order valence-corrected chi connectivity index (χ3v) is 3.01. The van der Waals surface area contributed by atoms with E-state index in [0.717, 1.165) is 38.8 Å². The Labute approximate surface area is 117 Å². The zero-order chi connectivity index (χ0) is 14.1. The van der Waals surface area contributed by atoms with Crippen molar-refractivity contribution < 1.29 is 4.74 Å². The maximum atomic E-state index is 5.34. The molecule has 0 bridgehead atoms. The molecule has 0 atom stereocenters. The number of guanidine groups is 1. The molecule has 0 aromatic rings. The van der Waals surface area contributed by atoms with Crippen LogP contribution < -0.4 is 10.6 Å². The summed E-state index contributed by atoms with van der Waals surface area (Å²) in [4.78, 5) is 6.71. The molecule has 0 amide bonds. The van der Waals surface area contributed by atoms with E-state index in [1.54, 1.807) is 0 Å². The molecule has 0 aliphatic carbocycles. The number of unbranched alkanes of at least 4 members (excludes halogenated alkanes) is 1. The van der Waals surface area contributed by atoms with Gasteiger partial charge in [0.15, 0.2) is 5.96 Å². The molecule has 0 aromatic heterocycles. The number of hydrogen-bond acceptors (Lipinski definition) is 3. The van der Waals surface area contributed by atoms with E-state index in [-0.39, 0.29) is 5.54 Å². The Bertz CT molecular complexity index is 267. The van der Waals surface area contributed by atoms with E-state index < -0.39 is 0 Å². The van der Waals surface area contributed by atoms with E-state index >= 15 is 0 Å². The number of nitrogens with one attached hydrogen (secondary N) is 2. The zero-order valence-electron chi connectivity index (χ0n) is 13.0. The zero-order valence-corrected chi connectivity index (χ0v) is 13.0. The van der Waals surface area contributed by atoms with Gasteiger partial charge in [0.2, 0.25) is 0 Å². The minimum Gasteiger partial charge on any atom is -0.379 e. The van der Waals surface area contributed by atoms with E-state index in [1.165, 1.54) is 19.4 Å². The number of ether oxygens (including phenoxy) is 1. The van der Waals surface area contributed by atoms with Gasteiger partial charge >= 0.3 is 0 Å². The highest BCUT2D eigenvalue weighted by atomic mass is 16.5. The van der Waals surface area contributed by atoms with Crippen molar-refractivity contribution in [2.45, 2.75) is 39.2 Å². The second kappa shape index (κ2) is 8.38. The van der Waals surface area contributed by atoms with Gasteiger partial charge in [0.05, 0.1) is 13.2 Å². The predicted octanol–water partition coefficient (Wildman–Crippen LogP) is 1.06. The first-order chi connectivity index (χ1) is 9.01. The van der Waals surface area contributed by atoms with Gasteiger partial charge in [-0.25, -0.2) is 0 Å². The standard InChI is InChI=1S/C14H30N4O/c1-14(2,3)17-13(15-4)16-7-5-6-8-18-9-11-19-12-10-18/h5-12H2,1-4H3,(H2,15,16,17). The lowest BCUT2D eigenvalue weighted by Gasteiger charge is -2.26. The molecule has 0 spiro atoms. The molecule has 0 radical (unpaired) electrons. The molecular weight excluding hydrogens is 240 g/mol. The van der Waals surface area contributed by atoms with Crippen LogP contribution in [0.4, 0.5) is 0 Å². The minimum atomic E-state index is 0.0512. The Kier molecular flexibility index (Phi) is 7.16. The molecular formula is C14H30N4O. The molecule has 112 valence electrons. The first-order valence-electron chi connectivity index (χ1n) is 7.30. The molecule has 1 fully saturated rings. The number of hydrogen-bond donors (Lipinski definition) is 2. The maximum absolute atomic E-state index is 5.34. The Hall–Kier alpha value is -0.810. The van der Waals surface area contributed by atoms with Crippen LogP contribution in [0.1, 0.15) is 33.6 Å². The lowest BCUT2D eigenvalue weighted by Crippen LogP contribution is -2.47. The number of nitrogens with zero attached hydrogens (tertiary/aromatic N) is 2. The van der Waals surface area contributed by atoms with Crippen LogP contribution in [0.25, 0.3) is 0 Å². The molecule has 0 aromatic carbocycles. The summed E-state index contributed by atoms with van der Waals surface area (Å²) in [7, 11) is 1.81. The average Bonchev–Trinajstić information content (AvgIpc) is 2.37. The van der Waals surface area contributed by atoms with Crippen LogP contribution in [-0.2, 0) is 4.74 Å². The largest absolute Gasteiger partial charge is 0.379 e. The van der Waals surface area contributed by atoms with E-state index in [0.29, 0.717) is 0 Å². The summed E-state index contributed by atoms with van der Waals surface area (Å²) in [6.07, 6.45) is 2.39. The number of morpholine rings is 1. The summed E-state index contributed by atoms with van der Waals surface area (Å²) in [6.45, 7) is 12.5. The summed E-state index contributed by atoms with van der Waals surface area (Å²) in [5.74, 6) is 0.888. The third-order valence-electron chi connectivity index (χ3n) is 3.01. The average molecular weight is 270 g/mol. The molecule has 1 rings (SSSR count). The van der Waals surface area contributed by atoms with Gasteiger partial charge < -0.3 is 15.4 Å². The molecule has 1 saturated heterocycles. The quantitative estimate of drug-likeness (QED) is 0.446. The molecule has 1 aliphatic rings. The molecule has 1 heterocycles. The predicted molar refractivity (Wildman–Crippen MR) is 80.7 cm³/mol. The summed E-state index contributed by atoms with van der Waals surface area (Å²) >= 11 is 0. The maximum Gasteiger partial charge on any atom is 0.191 e. The molecule has 0 unspecified atom stereocenters. The van der Waals surface area contributed by atoms with Crippen LogP contribution >= 0.6 is 0 Å². The van der Waals surface area contributed by atoms with E-state index in [2.05, 4.69) is 41.3 Å². The number of aliphatic imine (C=N–C) groups is 1. The van der Waals surface area contributed by atoms with Gasteiger partial charge in [-0.1, -0.05) is 0 Å². The van der Waals surface area contributed by atoms with Crippen molar-refractivity contribution in [3.05, 3.63) is 0 Å². The van der Waals surface area contributed by atoms with Gasteiger partial charge in [0, 0.05) is 32.2 Å². The highest BCUT2D eigenvalue weighted by molar-refractivity contribution is 5.80. The molecule has 0 saturated carbocycles. The monoisotopic (exact) mass is 270 g/mol. The van der Waals surface area contributed by atoms with Gasteiger partial charge in [0.25, 0.3) is 0 Å². The normalized spacial score (nSPS) is 18.4. The summed E-state index contributed by atoms with van der Waals surface area (Å²) in [6, 6.07) is 0. The van der Waals surface area contributed by atoms with Crippen LogP contribution in [0.2, 0.25) is 0 Å². The van der Waals surface area contributed by atoms with Gasteiger partial charge in [-0.2, -0.15) is 0 Å². The Balaban J connectivity index is 2.05. The van der Waals surface area contributed by atoms with Crippen molar-refractivity contribution in [2.75, 3.05) is 46.4 Å². The third kappa shape index (κ3) is 8.06. The fourth-order valence-electron chi connectivity index (χ4n) is 2.03. The minimum absolute atomic E-state index is 0.0512. The van der Waals surface area contributed by atoms with Crippen LogP contribution in [0.5, 0.6) is 0 Å². The van der Waals surface area contributed by atoms with Crippen LogP contribution in [0, 0.1) is 0 Å². The van der Waals surface area contributed by atoms with E-state index in [9.17, 15) is 0 Å². The molecule has 2 N–H and O–H groups in total. The van der Waals surface area contributed by atoms with Crippen molar-refractivity contribution in [1.29, 1.82) is 0 Å². The van der Waals surface area contributed by atoms with Crippen LogP contribution in [0.3, 0.4) is 0 Å². The van der Waals surface area contributed by atoms with Crippen LogP contribution in [0.15, 0.2) is 4.99 Å². The highest BCUT2D eigenvalue weighted by Gasteiger charge is 2.11.